The second kappa shape index (κ2) is 10.8. The molecule has 0 aliphatic heterocycles. The number of ether oxygens (including phenoxy) is 1. The number of rotatable bonds is 10. The van der Waals surface area contributed by atoms with Crippen LogP contribution in [0.25, 0.3) is 11.1 Å². The van der Waals surface area contributed by atoms with Crippen molar-refractivity contribution in [3.05, 3.63) is 59.0 Å². The highest BCUT2D eigenvalue weighted by Crippen LogP contribution is 2.36. The Bertz CT molecular complexity index is 1140. The van der Waals surface area contributed by atoms with Gasteiger partial charge in [0.1, 0.15) is 10.0 Å². The molecule has 32 heavy (non-hydrogen) atoms. The lowest BCUT2D eigenvalue weighted by Gasteiger charge is -2.09. The van der Waals surface area contributed by atoms with Crippen LogP contribution in [-0.4, -0.2) is 31.1 Å². The maximum absolute atomic E-state index is 13.1. The second-order valence-corrected chi connectivity index (χ2v) is 11.0. The van der Waals surface area contributed by atoms with Gasteiger partial charge in [-0.1, -0.05) is 51.5 Å². The summed E-state index contributed by atoms with van der Waals surface area (Å²) in [7, 11) is -4.08. The van der Waals surface area contributed by atoms with E-state index in [4.69, 9.17) is 4.74 Å². The first kappa shape index (κ1) is 24.0. The van der Waals surface area contributed by atoms with Crippen LogP contribution >= 0.6 is 11.3 Å². The van der Waals surface area contributed by atoms with Gasteiger partial charge >= 0.3 is 6.09 Å². The summed E-state index contributed by atoms with van der Waals surface area (Å²) < 4.78 is 33.4. The number of unbranched alkanes of at least 4 members (excludes halogenated alkanes) is 1. The number of thiophene rings is 1. The maximum atomic E-state index is 13.1. The number of aromatic amines is 1. The van der Waals surface area contributed by atoms with Crippen molar-refractivity contribution in [1.29, 1.82) is 0 Å². The normalized spacial score (nSPS) is 11.6. The number of sulfonamides is 1. The van der Waals surface area contributed by atoms with Gasteiger partial charge in [-0.2, -0.15) is 0 Å². The van der Waals surface area contributed by atoms with Gasteiger partial charge in [0.05, 0.1) is 6.61 Å². The first-order valence-corrected chi connectivity index (χ1v) is 13.0. The SMILES string of the molecule is CCCCOC(=O)NS(=O)(=O)c1sc(CC(C)C)cc1-c1cccc(Cc2ncc[nH]2)c1. The fourth-order valence-corrected chi connectivity index (χ4v) is 6.10. The molecule has 7 nitrogen and oxygen atoms in total. The average Bonchev–Trinajstić information content (AvgIpc) is 3.38. The molecule has 0 aliphatic carbocycles. The van der Waals surface area contributed by atoms with Gasteiger partial charge in [-0.3, -0.25) is 0 Å². The van der Waals surface area contributed by atoms with Crippen LogP contribution in [0.2, 0.25) is 0 Å². The molecule has 2 aromatic heterocycles. The molecule has 0 spiro atoms. The second-order valence-electron chi connectivity index (χ2n) is 8.02. The van der Waals surface area contributed by atoms with Crippen LogP contribution in [0.3, 0.4) is 0 Å². The maximum Gasteiger partial charge on any atom is 0.421 e. The van der Waals surface area contributed by atoms with E-state index in [9.17, 15) is 13.2 Å². The van der Waals surface area contributed by atoms with E-state index in [-0.39, 0.29) is 10.8 Å². The molecule has 3 aromatic rings. The van der Waals surface area contributed by atoms with Crippen LogP contribution in [0, 0.1) is 5.92 Å². The van der Waals surface area contributed by atoms with Gasteiger partial charge in [-0.15, -0.1) is 11.3 Å². The van der Waals surface area contributed by atoms with Crippen molar-refractivity contribution in [3.63, 3.8) is 0 Å². The van der Waals surface area contributed by atoms with Crippen molar-refractivity contribution in [2.45, 2.75) is 50.7 Å². The van der Waals surface area contributed by atoms with Crippen LogP contribution < -0.4 is 4.72 Å². The molecule has 3 rings (SSSR count). The largest absolute Gasteiger partial charge is 0.449 e. The highest BCUT2D eigenvalue weighted by molar-refractivity contribution is 7.92. The molecule has 0 unspecified atom stereocenters. The topological polar surface area (TPSA) is 101 Å². The van der Waals surface area contributed by atoms with Crippen LogP contribution in [0.15, 0.2) is 46.9 Å². The molecular formula is C23H29N3O4S2. The van der Waals surface area contributed by atoms with Gasteiger partial charge in [0, 0.05) is 29.3 Å². The number of benzene rings is 1. The van der Waals surface area contributed by atoms with Crippen LogP contribution in [0.4, 0.5) is 4.79 Å². The van der Waals surface area contributed by atoms with Crippen molar-refractivity contribution >= 4 is 27.5 Å². The van der Waals surface area contributed by atoms with Crippen LogP contribution in [0.5, 0.6) is 0 Å². The smallest absolute Gasteiger partial charge is 0.421 e. The molecule has 9 heteroatoms. The predicted octanol–water partition coefficient (Wildman–Crippen LogP) is 5.14. The van der Waals surface area contributed by atoms with Gasteiger partial charge in [0.2, 0.25) is 0 Å². The summed E-state index contributed by atoms with van der Waals surface area (Å²) in [5, 5.41) is 0. The number of H-pyrrole nitrogens is 1. The number of amides is 1. The molecular weight excluding hydrogens is 446 g/mol. The summed E-state index contributed by atoms with van der Waals surface area (Å²) in [5.74, 6) is 1.20. The first-order chi connectivity index (χ1) is 15.3. The Morgan fingerprint density at radius 1 is 1.28 bits per heavy atom. The van der Waals surface area contributed by atoms with Crippen LogP contribution in [0.1, 0.15) is 49.9 Å². The zero-order chi connectivity index (χ0) is 23.1. The first-order valence-electron chi connectivity index (χ1n) is 10.7. The Kier molecular flexibility index (Phi) is 8.09. The van der Waals surface area contributed by atoms with E-state index in [1.165, 1.54) is 11.3 Å². The minimum Gasteiger partial charge on any atom is -0.449 e. The summed E-state index contributed by atoms with van der Waals surface area (Å²) in [4.78, 5) is 20.3. The van der Waals surface area contributed by atoms with Crippen molar-refractivity contribution in [2.75, 3.05) is 6.61 Å². The van der Waals surface area contributed by atoms with Crippen LogP contribution in [-0.2, 0) is 27.6 Å². The molecule has 172 valence electrons. The molecule has 0 radical (unpaired) electrons. The molecule has 2 N–H and O–H groups in total. The van der Waals surface area contributed by atoms with E-state index in [1.807, 2.05) is 37.3 Å². The number of nitrogens with zero attached hydrogens (tertiary/aromatic N) is 1. The summed E-state index contributed by atoms with van der Waals surface area (Å²) in [5.41, 5.74) is 2.37. The highest BCUT2D eigenvalue weighted by atomic mass is 32.2. The Morgan fingerprint density at radius 3 is 2.78 bits per heavy atom. The fourth-order valence-electron chi connectivity index (χ4n) is 3.26. The number of nitrogens with one attached hydrogen (secondary N) is 2. The fraction of sp³-hybridized carbons (Fsp3) is 0.391. The van der Waals surface area contributed by atoms with Gasteiger partial charge in [0.15, 0.2) is 0 Å². The Hall–Kier alpha value is -2.65. The number of carbonyl (C=O) groups excluding carboxylic acids is 1. The van der Waals surface area contributed by atoms with E-state index >= 15 is 0 Å². The molecule has 1 amide bonds. The predicted molar refractivity (Wildman–Crippen MR) is 126 cm³/mol. The van der Waals surface area contributed by atoms with Crippen molar-refractivity contribution in [3.8, 4) is 11.1 Å². The lowest BCUT2D eigenvalue weighted by Crippen LogP contribution is -2.31. The third kappa shape index (κ3) is 6.43. The van der Waals surface area contributed by atoms with Gasteiger partial charge in [-0.25, -0.2) is 22.9 Å². The Labute approximate surface area is 193 Å². The molecule has 0 bridgehead atoms. The van der Waals surface area contributed by atoms with E-state index < -0.39 is 16.1 Å². The summed E-state index contributed by atoms with van der Waals surface area (Å²) in [6.07, 6.45) is 5.41. The highest BCUT2D eigenvalue weighted by Gasteiger charge is 2.26. The number of hydrogen-bond acceptors (Lipinski definition) is 6. The summed E-state index contributed by atoms with van der Waals surface area (Å²) in [6, 6.07) is 9.63. The molecule has 0 saturated heterocycles. The third-order valence-electron chi connectivity index (χ3n) is 4.72. The summed E-state index contributed by atoms with van der Waals surface area (Å²) >= 11 is 1.19. The zero-order valence-corrected chi connectivity index (χ0v) is 20.2. The monoisotopic (exact) mass is 475 g/mol. The van der Waals surface area contributed by atoms with Crippen molar-refractivity contribution in [2.24, 2.45) is 5.92 Å². The molecule has 1 aromatic carbocycles. The van der Waals surface area contributed by atoms with Gasteiger partial charge in [-0.05, 0) is 36.0 Å². The van der Waals surface area contributed by atoms with E-state index in [0.717, 1.165) is 34.7 Å². The van der Waals surface area contributed by atoms with E-state index in [0.29, 0.717) is 24.3 Å². The number of carbonyl (C=O) groups is 1. The summed E-state index contributed by atoms with van der Waals surface area (Å²) in [6.45, 7) is 6.32. The van der Waals surface area contributed by atoms with Crippen molar-refractivity contribution < 1.29 is 17.9 Å². The Morgan fingerprint density at radius 2 is 2.09 bits per heavy atom. The minimum atomic E-state index is -4.08. The molecule has 0 aliphatic rings. The van der Waals surface area contributed by atoms with Gasteiger partial charge in [0.25, 0.3) is 10.0 Å². The zero-order valence-electron chi connectivity index (χ0n) is 18.6. The molecule has 2 heterocycles. The van der Waals surface area contributed by atoms with E-state index in [1.54, 1.807) is 12.4 Å². The lowest BCUT2D eigenvalue weighted by molar-refractivity contribution is 0.151. The van der Waals surface area contributed by atoms with Crippen molar-refractivity contribution in [1.82, 2.24) is 14.7 Å². The minimum absolute atomic E-state index is 0.121. The number of aromatic nitrogens is 2. The molecule has 0 saturated carbocycles. The third-order valence-corrected chi connectivity index (χ3v) is 7.72. The van der Waals surface area contributed by atoms with E-state index in [2.05, 4.69) is 28.5 Å². The number of imidazole rings is 1. The molecule has 0 atom stereocenters. The molecule has 0 fully saturated rings. The standard InChI is InChI=1S/C23H29N3O4S2/c1-4-5-11-30-23(27)26-32(28,29)22-20(15-19(31-22)12-16(2)3)18-8-6-7-17(13-18)14-21-24-9-10-25-21/h6-10,13,15-16H,4-5,11-12,14H2,1-3H3,(H,24,25)(H,26,27). The quantitative estimate of drug-likeness (QED) is 0.395. The average molecular weight is 476 g/mol. The van der Waals surface area contributed by atoms with Gasteiger partial charge < -0.3 is 9.72 Å². The lowest BCUT2D eigenvalue weighted by atomic mass is 10.0. The number of hydrogen-bond donors (Lipinski definition) is 2. The Balaban J connectivity index is 1.93.